The minimum atomic E-state index is -3.77. The van der Waals surface area contributed by atoms with Gasteiger partial charge in [0.25, 0.3) is 0 Å². The Kier molecular flexibility index (Phi) is 4.37. The van der Waals surface area contributed by atoms with E-state index in [9.17, 15) is 40.2 Å². The molecule has 1 rings (SSSR count). The van der Waals surface area contributed by atoms with Crippen molar-refractivity contribution in [1.29, 1.82) is 0 Å². The van der Waals surface area contributed by atoms with E-state index in [-0.39, 0.29) is 0 Å². The highest BCUT2D eigenvalue weighted by Gasteiger charge is 2.86. The van der Waals surface area contributed by atoms with Gasteiger partial charge in [-0.25, -0.2) is 4.79 Å². The van der Waals surface area contributed by atoms with Gasteiger partial charge in [-0.15, -0.1) is 0 Å². The van der Waals surface area contributed by atoms with Crippen LogP contribution in [0.15, 0.2) is 30.3 Å². The van der Waals surface area contributed by atoms with Crippen LogP contribution in [0.2, 0.25) is 0 Å². The molecule has 0 amide bonds. The number of carboxylic acids is 1. The highest BCUT2D eigenvalue weighted by molar-refractivity contribution is 5.80. The Morgan fingerprint density at radius 2 is 1.50 bits per heavy atom. The summed E-state index contributed by atoms with van der Waals surface area (Å²) >= 11 is 0. The van der Waals surface area contributed by atoms with Crippen molar-refractivity contribution >= 4 is 5.97 Å². The van der Waals surface area contributed by atoms with Crippen LogP contribution in [0.4, 0.5) is 0 Å². The lowest BCUT2D eigenvalue weighted by atomic mass is 9.78. The van der Waals surface area contributed by atoms with Crippen LogP contribution in [0.5, 0.6) is 0 Å². The SMILES string of the molecule is NCC([N+](=O)[O-])([N+](=O)[O-])C(C(=O)O)(c1ccccc1)[N+](=O)[O-]. The zero-order valence-corrected chi connectivity index (χ0v) is 10.8. The minimum absolute atomic E-state index is 0.730. The molecule has 12 nitrogen and oxygen atoms in total. The standard InChI is InChI=1S/C10H10N4O8/c11-6-9(12(17)18,13(19)20)10(8(15)16,14(21)22)7-4-2-1-3-5-7/h1-5H,6,11H2,(H,15,16). The molecule has 0 saturated carbocycles. The van der Waals surface area contributed by atoms with Crippen molar-refractivity contribution in [2.24, 2.45) is 5.73 Å². The third-order valence-electron chi connectivity index (χ3n) is 3.24. The van der Waals surface area contributed by atoms with Crippen LogP contribution in [-0.4, -0.2) is 38.1 Å². The first-order valence-electron chi connectivity index (χ1n) is 5.62. The van der Waals surface area contributed by atoms with E-state index < -0.39 is 44.0 Å². The molecule has 118 valence electrons. The van der Waals surface area contributed by atoms with Crippen molar-refractivity contribution in [3.05, 3.63) is 66.2 Å². The van der Waals surface area contributed by atoms with E-state index in [1.807, 2.05) is 0 Å². The van der Waals surface area contributed by atoms with Gasteiger partial charge < -0.3 is 10.8 Å². The van der Waals surface area contributed by atoms with Crippen molar-refractivity contribution in [3.8, 4) is 0 Å². The average molecular weight is 314 g/mol. The number of aliphatic carboxylic acids is 1. The molecule has 1 unspecified atom stereocenters. The normalized spacial score (nSPS) is 13.9. The Balaban J connectivity index is 4.00. The van der Waals surface area contributed by atoms with E-state index in [0.29, 0.717) is 0 Å². The van der Waals surface area contributed by atoms with Crippen LogP contribution >= 0.6 is 0 Å². The van der Waals surface area contributed by atoms with E-state index in [2.05, 4.69) is 0 Å². The first-order chi connectivity index (χ1) is 10.2. The lowest BCUT2D eigenvalue weighted by Gasteiger charge is -2.26. The van der Waals surface area contributed by atoms with Crippen LogP contribution in [0, 0.1) is 30.3 Å². The first-order valence-corrected chi connectivity index (χ1v) is 5.62. The van der Waals surface area contributed by atoms with Gasteiger partial charge in [0, 0.05) is 0 Å². The summed E-state index contributed by atoms with van der Waals surface area (Å²) in [6.45, 7) is -1.49. The van der Waals surface area contributed by atoms with Crippen molar-refractivity contribution in [1.82, 2.24) is 0 Å². The molecule has 0 fully saturated rings. The first kappa shape index (κ1) is 16.9. The molecule has 3 N–H and O–H groups in total. The van der Waals surface area contributed by atoms with Gasteiger partial charge in [0.1, 0.15) is 16.4 Å². The van der Waals surface area contributed by atoms with Crippen LogP contribution in [-0.2, 0) is 10.3 Å². The van der Waals surface area contributed by atoms with Gasteiger partial charge in [0.05, 0.1) is 10.5 Å². The second-order valence-electron chi connectivity index (χ2n) is 4.17. The maximum atomic E-state index is 11.6. The molecule has 0 radical (unpaired) electrons. The van der Waals surface area contributed by atoms with Crippen LogP contribution in [0.25, 0.3) is 0 Å². The van der Waals surface area contributed by atoms with E-state index in [0.717, 1.165) is 24.3 Å². The Bertz CT molecular complexity index is 603. The predicted molar refractivity (Wildman–Crippen MR) is 68.5 cm³/mol. The zero-order chi connectivity index (χ0) is 17.1. The van der Waals surface area contributed by atoms with E-state index >= 15 is 0 Å². The molecule has 0 aliphatic heterocycles. The minimum Gasteiger partial charge on any atom is -0.475 e. The number of rotatable bonds is 7. The number of nitro groups is 3. The molecule has 1 aromatic rings. The summed E-state index contributed by atoms with van der Waals surface area (Å²) in [5, 5.41) is 43.2. The van der Waals surface area contributed by atoms with Gasteiger partial charge in [-0.2, -0.15) is 0 Å². The summed E-state index contributed by atoms with van der Waals surface area (Å²) in [7, 11) is 0. The zero-order valence-electron chi connectivity index (χ0n) is 10.8. The van der Waals surface area contributed by atoms with Crippen LogP contribution in [0.1, 0.15) is 5.56 Å². The Morgan fingerprint density at radius 1 is 1.05 bits per heavy atom. The van der Waals surface area contributed by atoms with Gasteiger partial charge in [-0.3, -0.25) is 30.3 Å². The van der Waals surface area contributed by atoms with Gasteiger partial charge >= 0.3 is 17.2 Å². The quantitative estimate of drug-likeness (QED) is 0.377. The van der Waals surface area contributed by atoms with Crippen LogP contribution < -0.4 is 5.73 Å². The van der Waals surface area contributed by atoms with E-state index in [1.54, 1.807) is 0 Å². The lowest BCUT2D eigenvalue weighted by Crippen LogP contribution is -2.72. The highest BCUT2D eigenvalue weighted by Crippen LogP contribution is 2.39. The fourth-order valence-electron chi connectivity index (χ4n) is 2.16. The number of nitrogens with zero attached hydrogens (tertiary/aromatic N) is 3. The van der Waals surface area contributed by atoms with Crippen molar-refractivity contribution < 1.29 is 24.7 Å². The molecule has 0 aromatic heterocycles. The molecule has 12 heteroatoms. The van der Waals surface area contributed by atoms with Crippen LogP contribution in [0.3, 0.4) is 0 Å². The molecular formula is C10H10N4O8. The lowest BCUT2D eigenvalue weighted by molar-refractivity contribution is -0.846. The molecule has 0 heterocycles. The molecule has 22 heavy (non-hydrogen) atoms. The fraction of sp³-hybridized carbons (Fsp3) is 0.300. The number of carbonyl (C=O) groups is 1. The Morgan fingerprint density at radius 3 is 1.77 bits per heavy atom. The summed E-state index contributed by atoms with van der Waals surface area (Å²) in [5.41, 5.74) is -3.13. The van der Waals surface area contributed by atoms with Crippen molar-refractivity contribution in [2.45, 2.75) is 11.2 Å². The van der Waals surface area contributed by atoms with Gasteiger partial charge in [-0.1, -0.05) is 30.3 Å². The molecule has 0 saturated heterocycles. The van der Waals surface area contributed by atoms with Gasteiger partial charge in [0.15, 0.2) is 0 Å². The molecular weight excluding hydrogens is 304 g/mol. The third-order valence-corrected chi connectivity index (χ3v) is 3.24. The molecule has 0 aliphatic rings. The molecule has 1 aromatic carbocycles. The maximum Gasteiger partial charge on any atom is 0.552 e. The number of benzene rings is 1. The third kappa shape index (κ3) is 1.93. The largest absolute Gasteiger partial charge is 0.552 e. The molecule has 0 bridgehead atoms. The summed E-state index contributed by atoms with van der Waals surface area (Å²) in [4.78, 5) is 40.6. The number of hydrogen-bond acceptors (Lipinski definition) is 8. The summed E-state index contributed by atoms with van der Waals surface area (Å²) in [6, 6.07) is 5.45. The van der Waals surface area contributed by atoms with Gasteiger partial charge in [-0.05, 0) is 0 Å². The smallest absolute Gasteiger partial charge is 0.475 e. The Hall–Kier alpha value is -3.15. The molecule has 1 atom stereocenters. The molecule has 0 aliphatic carbocycles. The second kappa shape index (κ2) is 5.69. The summed E-state index contributed by atoms with van der Waals surface area (Å²) in [5.74, 6) is -2.36. The summed E-state index contributed by atoms with van der Waals surface area (Å²) in [6.07, 6.45) is 0. The number of nitrogens with two attached hydrogens (primary N) is 1. The monoisotopic (exact) mass is 314 g/mol. The fourth-order valence-corrected chi connectivity index (χ4v) is 2.16. The number of hydrogen-bond donors (Lipinski definition) is 2. The number of carboxylic acid groups (broad SMARTS) is 1. The maximum absolute atomic E-state index is 11.6. The van der Waals surface area contributed by atoms with Gasteiger partial charge in [0.2, 0.25) is 0 Å². The van der Waals surface area contributed by atoms with E-state index in [1.165, 1.54) is 6.07 Å². The summed E-state index contributed by atoms with van der Waals surface area (Å²) < 4.78 is 0. The van der Waals surface area contributed by atoms with E-state index in [4.69, 9.17) is 5.73 Å². The highest BCUT2D eigenvalue weighted by atomic mass is 16.7. The van der Waals surface area contributed by atoms with Crippen molar-refractivity contribution in [2.75, 3.05) is 6.54 Å². The van der Waals surface area contributed by atoms with Crippen molar-refractivity contribution in [3.63, 3.8) is 0 Å². The Labute approximate surface area is 121 Å². The molecule has 0 spiro atoms. The second-order valence-corrected chi connectivity index (χ2v) is 4.17. The average Bonchev–Trinajstić information content (AvgIpc) is 2.43. The predicted octanol–water partition coefficient (Wildman–Crippen LogP) is -0.548. The topological polar surface area (TPSA) is 193 Å².